The van der Waals surface area contributed by atoms with Crippen LogP contribution in [-0.4, -0.2) is 42.8 Å². The van der Waals surface area contributed by atoms with Crippen LogP contribution in [0, 0.1) is 12.8 Å². The monoisotopic (exact) mass is 411 g/mol. The van der Waals surface area contributed by atoms with Crippen LogP contribution >= 0.6 is 12.2 Å². The van der Waals surface area contributed by atoms with Gasteiger partial charge in [-0.05, 0) is 44.3 Å². The summed E-state index contributed by atoms with van der Waals surface area (Å²) in [6, 6.07) is 13.4. The van der Waals surface area contributed by atoms with Gasteiger partial charge in [-0.3, -0.25) is 9.69 Å². The molecule has 1 saturated heterocycles. The number of hydrogen-bond donors (Lipinski definition) is 1. The van der Waals surface area contributed by atoms with Gasteiger partial charge in [0.25, 0.3) is 0 Å². The molecule has 0 aliphatic carbocycles. The summed E-state index contributed by atoms with van der Waals surface area (Å²) in [5, 5.41) is 3.93. The van der Waals surface area contributed by atoms with Gasteiger partial charge in [0.05, 0.1) is 13.2 Å². The van der Waals surface area contributed by atoms with E-state index in [-0.39, 0.29) is 11.9 Å². The van der Waals surface area contributed by atoms with Crippen LogP contribution in [0.25, 0.3) is 0 Å². The van der Waals surface area contributed by atoms with Gasteiger partial charge in [0.1, 0.15) is 5.92 Å². The largest absolute Gasteiger partial charge is 0.493 e. The lowest BCUT2D eigenvalue weighted by molar-refractivity contribution is -0.144. The Morgan fingerprint density at radius 2 is 1.93 bits per heavy atom. The molecule has 1 fully saturated rings. The number of carbonyl (C=O) groups is 1. The van der Waals surface area contributed by atoms with Crippen molar-refractivity contribution in [2.75, 3.05) is 26.1 Å². The number of aryl methyl sites for hydroxylation is 1. The highest BCUT2D eigenvalue weighted by molar-refractivity contribution is 7.80. The van der Waals surface area contributed by atoms with Gasteiger partial charge in [-0.1, -0.05) is 29.8 Å². The maximum Gasteiger partial charge on any atom is 0.233 e. The first-order chi connectivity index (χ1) is 13.8. The predicted octanol–water partition coefficient (Wildman–Crippen LogP) is 3.25. The Labute approximate surface area is 176 Å². The predicted molar refractivity (Wildman–Crippen MR) is 116 cm³/mol. The van der Waals surface area contributed by atoms with Crippen LogP contribution in [0.3, 0.4) is 0 Å². The molecule has 6 nitrogen and oxygen atoms in total. The third kappa shape index (κ3) is 2.92. The van der Waals surface area contributed by atoms with Gasteiger partial charge in [-0.15, -0.1) is 0 Å². The molecule has 4 rings (SSSR count). The number of para-hydroxylation sites is 1. The molecule has 0 spiro atoms. The van der Waals surface area contributed by atoms with Gasteiger partial charge in [0.15, 0.2) is 22.3 Å². The lowest BCUT2D eigenvalue weighted by Gasteiger charge is -2.56. The Balaban J connectivity index is 1.93. The Morgan fingerprint density at radius 1 is 1.24 bits per heavy atom. The van der Waals surface area contributed by atoms with E-state index >= 15 is 0 Å². The summed E-state index contributed by atoms with van der Waals surface area (Å²) < 4.78 is 12.1. The number of nitrogens with one attached hydrogen (secondary N) is 1. The van der Waals surface area contributed by atoms with Crippen molar-refractivity contribution in [1.29, 1.82) is 0 Å². The molecule has 29 heavy (non-hydrogen) atoms. The summed E-state index contributed by atoms with van der Waals surface area (Å²) in [6.07, 6.45) is 0. The third-order valence-electron chi connectivity index (χ3n) is 5.71. The van der Waals surface area contributed by atoms with E-state index in [0.717, 1.165) is 16.8 Å². The summed E-state index contributed by atoms with van der Waals surface area (Å²) in [5.74, 6) is 0.730. The first-order valence-electron chi connectivity index (χ1n) is 9.52. The highest BCUT2D eigenvalue weighted by Gasteiger charge is 2.59. The summed E-state index contributed by atoms with van der Waals surface area (Å²) in [5.41, 5.74) is 1.85. The van der Waals surface area contributed by atoms with Crippen molar-refractivity contribution >= 4 is 28.9 Å². The second-order valence-electron chi connectivity index (χ2n) is 7.84. The Bertz CT molecular complexity index is 976. The van der Waals surface area contributed by atoms with E-state index in [0.29, 0.717) is 16.6 Å². The topological polar surface area (TPSA) is 54.0 Å². The zero-order valence-corrected chi connectivity index (χ0v) is 18.0. The molecule has 0 unspecified atom stereocenters. The molecule has 2 aliphatic heterocycles. The number of thiocarbonyl (C=S) groups is 1. The van der Waals surface area contributed by atoms with E-state index in [1.54, 1.807) is 26.1 Å². The fraction of sp³-hybridized carbons (Fsp3) is 0.364. The second kappa shape index (κ2) is 6.91. The number of anilines is 1. The summed E-state index contributed by atoms with van der Waals surface area (Å²) in [6.45, 7) is 3.96. The minimum Gasteiger partial charge on any atom is -0.493 e. The fourth-order valence-electron chi connectivity index (χ4n) is 4.27. The van der Waals surface area contributed by atoms with Crippen LogP contribution in [0.2, 0.25) is 0 Å². The maximum atomic E-state index is 13.3. The summed E-state index contributed by atoms with van der Waals surface area (Å²) in [4.78, 5) is 16.8. The van der Waals surface area contributed by atoms with Gasteiger partial charge >= 0.3 is 0 Å². The van der Waals surface area contributed by atoms with Gasteiger partial charge in [-0.2, -0.15) is 0 Å². The Kier molecular flexibility index (Phi) is 4.65. The molecule has 1 amide bonds. The van der Waals surface area contributed by atoms with Crippen molar-refractivity contribution < 1.29 is 14.3 Å². The first-order valence-corrected chi connectivity index (χ1v) is 9.93. The van der Waals surface area contributed by atoms with Crippen molar-refractivity contribution in [3.63, 3.8) is 0 Å². The average Bonchev–Trinajstić information content (AvgIpc) is 2.68. The highest BCUT2D eigenvalue weighted by Crippen LogP contribution is 2.52. The number of amides is 1. The molecule has 1 N–H and O–H groups in total. The van der Waals surface area contributed by atoms with Crippen molar-refractivity contribution in [3.05, 3.63) is 53.6 Å². The number of rotatable bonds is 3. The molecule has 7 heteroatoms. The lowest BCUT2D eigenvalue weighted by Crippen LogP contribution is -2.72. The fourth-order valence-corrected chi connectivity index (χ4v) is 4.68. The smallest absolute Gasteiger partial charge is 0.233 e. The van der Waals surface area contributed by atoms with E-state index < -0.39 is 11.6 Å². The number of nitrogens with zero attached hydrogens (tertiary/aromatic N) is 2. The van der Waals surface area contributed by atoms with Crippen LogP contribution in [0.4, 0.5) is 5.69 Å². The lowest BCUT2D eigenvalue weighted by atomic mass is 9.78. The highest BCUT2D eigenvalue weighted by atomic mass is 32.1. The van der Waals surface area contributed by atoms with Crippen LogP contribution in [-0.2, 0) is 4.79 Å². The minimum atomic E-state index is -1.02. The number of fused-ring (bicyclic) bond motifs is 4. The maximum absolute atomic E-state index is 13.3. The van der Waals surface area contributed by atoms with E-state index in [4.69, 9.17) is 21.7 Å². The van der Waals surface area contributed by atoms with Gasteiger partial charge in [0.2, 0.25) is 5.91 Å². The molecule has 2 aliphatic rings. The minimum absolute atomic E-state index is 0.0296. The van der Waals surface area contributed by atoms with Gasteiger partial charge in [0, 0.05) is 25.3 Å². The standard InChI is InChI=1S/C22H25N3O3S/c1-13-9-11-14(12-10-13)25-21(29)23-18-15-7-6-8-16(27-5)19(15)28-22(25,2)17(18)20(26)24(3)4/h6-12,17-18H,1-5H3,(H,23,29)/t17-,18-,22-/m0/s1. The quantitative estimate of drug-likeness (QED) is 0.783. The number of hydrogen-bond acceptors (Lipinski definition) is 4. The molecular formula is C22H25N3O3S. The Hall–Kier alpha value is -2.80. The zero-order valence-electron chi connectivity index (χ0n) is 17.2. The number of ether oxygens (including phenoxy) is 2. The second-order valence-corrected chi connectivity index (χ2v) is 8.23. The van der Waals surface area contributed by atoms with Gasteiger partial charge < -0.3 is 19.7 Å². The Morgan fingerprint density at radius 3 is 2.55 bits per heavy atom. The van der Waals surface area contributed by atoms with E-state index in [9.17, 15) is 4.79 Å². The molecule has 0 radical (unpaired) electrons. The van der Waals surface area contributed by atoms with Crippen molar-refractivity contribution in [1.82, 2.24) is 10.2 Å². The molecule has 0 saturated carbocycles. The van der Waals surface area contributed by atoms with Crippen LogP contribution in [0.5, 0.6) is 11.5 Å². The van der Waals surface area contributed by atoms with Crippen molar-refractivity contribution in [2.45, 2.75) is 25.6 Å². The summed E-state index contributed by atoms with van der Waals surface area (Å²) >= 11 is 5.74. The average molecular weight is 412 g/mol. The van der Waals surface area contributed by atoms with Gasteiger partial charge in [-0.25, -0.2) is 0 Å². The number of benzene rings is 2. The molecule has 3 atom stereocenters. The molecular weight excluding hydrogens is 386 g/mol. The molecule has 0 aromatic heterocycles. The first kappa shape index (κ1) is 19.5. The van der Waals surface area contributed by atoms with Crippen LogP contribution in [0.1, 0.15) is 24.1 Å². The molecule has 2 aromatic rings. The molecule has 152 valence electrons. The third-order valence-corrected chi connectivity index (χ3v) is 6.01. The van der Waals surface area contributed by atoms with Crippen molar-refractivity contribution in [2.24, 2.45) is 5.92 Å². The van der Waals surface area contributed by atoms with Crippen LogP contribution < -0.4 is 19.7 Å². The zero-order chi connectivity index (χ0) is 20.9. The van der Waals surface area contributed by atoms with E-state index in [1.165, 1.54) is 0 Å². The van der Waals surface area contributed by atoms with Crippen LogP contribution in [0.15, 0.2) is 42.5 Å². The normalized spacial score (nSPS) is 24.9. The van der Waals surface area contributed by atoms with E-state index in [1.807, 2.05) is 61.2 Å². The van der Waals surface area contributed by atoms with Crippen molar-refractivity contribution in [3.8, 4) is 11.5 Å². The number of carbonyl (C=O) groups excluding carboxylic acids is 1. The molecule has 2 heterocycles. The number of methoxy groups -OCH3 is 1. The summed E-state index contributed by atoms with van der Waals surface area (Å²) in [7, 11) is 5.14. The van der Waals surface area contributed by atoms with E-state index in [2.05, 4.69) is 5.32 Å². The molecule has 2 aromatic carbocycles. The SMILES string of the molecule is COc1cccc2c1O[C@@]1(C)[C@H](C(=O)N(C)C)[C@H]2NC(=S)N1c1ccc(C)cc1. The molecule has 2 bridgehead atoms.